The molecule has 0 bridgehead atoms. The van der Waals surface area contributed by atoms with Crippen molar-refractivity contribution in [3.8, 4) is 11.3 Å². The van der Waals surface area contributed by atoms with Gasteiger partial charge >= 0.3 is 0 Å². The smallest absolute Gasteiger partial charge is 0.293 e. The summed E-state index contributed by atoms with van der Waals surface area (Å²) in [4.78, 5) is 10.1. The molecule has 0 radical (unpaired) electrons. The molecule has 0 N–H and O–H groups in total. The summed E-state index contributed by atoms with van der Waals surface area (Å²) in [6.45, 7) is 0.974. The van der Waals surface area contributed by atoms with Gasteiger partial charge in [-0.1, -0.05) is 41.9 Å². The number of halogens is 1. The van der Waals surface area contributed by atoms with Crippen molar-refractivity contribution in [3.05, 3.63) is 41.0 Å². The van der Waals surface area contributed by atoms with E-state index in [1.807, 2.05) is 37.4 Å². The molecule has 0 unspecified atom stereocenters. The van der Waals surface area contributed by atoms with Gasteiger partial charge in [0.1, 0.15) is 5.15 Å². The van der Waals surface area contributed by atoms with Crippen molar-refractivity contribution in [3.63, 3.8) is 0 Å². The van der Waals surface area contributed by atoms with E-state index in [1.165, 1.54) is 0 Å². The molecule has 0 amide bonds. The minimum atomic E-state index is 0.482. The molecule has 2 aromatic rings. The number of carbonyl (C=O) groups is 1. The van der Waals surface area contributed by atoms with Gasteiger partial charge in [-0.3, -0.25) is 9.48 Å². The van der Waals surface area contributed by atoms with Gasteiger partial charge in [-0.05, 0) is 25.7 Å². The van der Waals surface area contributed by atoms with Gasteiger partial charge in [-0.25, -0.2) is 0 Å². The second-order valence-electron chi connectivity index (χ2n) is 4.89. The molecule has 112 valence electrons. The summed E-state index contributed by atoms with van der Waals surface area (Å²) in [7, 11) is 1.86. The van der Waals surface area contributed by atoms with E-state index in [0.717, 1.165) is 42.5 Å². The summed E-state index contributed by atoms with van der Waals surface area (Å²) >= 11 is 6.36. The van der Waals surface area contributed by atoms with Crippen LogP contribution in [0, 0.1) is 0 Å². The monoisotopic (exact) mass is 306 g/mol. The second-order valence-corrected chi connectivity index (χ2v) is 5.24. The first-order valence-electron chi connectivity index (χ1n) is 7.06. The zero-order valence-corrected chi connectivity index (χ0v) is 12.8. The van der Waals surface area contributed by atoms with Gasteiger partial charge in [-0.2, -0.15) is 5.10 Å². The first-order valence-corrected chi connectivity index (χ1v) is 7.44. The van der Waals surface area contributed by atoms with Crippen molar-refractivity contribution in [2.45, 2.75) is 25.7 Å². The van der Waals surface area contributed by atoms with Gasteiger partial charge in [0.25, 0.3) is 6.47 Å². The highest BCUT2D eigenvalue weighted by atomic mass is 35.5. The summed E-state index contributed by atoms with van der Waals surface area (Å²) in [5.41, 5.74) is 3.12. The molecular weight excluding hydrogens is 288 g/mol. The van der Waals surface area contributed by atoms with Gasteiger partial charge in [-0.15, -0.1) is 0 Å². The van der Waals surface area contributed by atoms with E-state index in [0.29, 0.717) is 18.2 Å². The Kier molecular flexibility index (Phi) is 5.81. The van der Waals surface area contributed by atoms with Gasteiger partial charge in [0.15, 0.2) is 0 Å². The third-order valence-corrected chi connectivity index (χ3v) is 3.85. The molecule has 5 heteroatoms. The summed E-state index contributed by atoms with van der Waals surface area (Å²) in [5, 5.41) is 5.22. The molecule has 0 atom stereocenters. The number of rotatable bonds is 8. The zero-order chi connectivity index (χ0) is 15.1. The molecule has 1 aromatic carbocycles. The first-order chi connectivity index (χ1) is 10.2. The summed E-state index contributed by atoms with van der Waals surface area (Å²) < 4.78 is 6.40. The van der Waals surface area contributed by atoms with Crippen molar-refractivity contribution < 1.29 is 9.53 Å². The molecular formula is C16H19ClN2O2. The molecule has 4 nitrogen and oxygen atoms in total. The van der Waals surface area contributed by atoms with Crippen LogP contribution in [0.15, 0.2) is 30.3 Å². The van der Waals surface area contributed by atoms with E-state index in [2.05, 4.69) is 9.84 Å². The quantitative estimate of drug-likeness (QED) is 0.552. The molecule has 1 heterocycles. The van der Waals surface area contributed by atoms with Crippen LogP contribution in [0.5, 0.6) is 0 Å². The van der Waals surface area contributed by atoms with Crippen LogP contribution in [0.4, 0.5) is 0 Å². The Morgan fingerprint density at radius 1 is 1.24 bits per heavy atom. The molecule has 0 aliphatic carbocycles. The predicted molar refractivity (Wildman–Crippen MR) is 83.2 cm³/mol. The Morgan fingerprint density at radius 2 is 2.00 bits per heavy atom. The zero-order valence-electron chi connectivity index (χ0n) is 12.1. The van der Waals surface area contributed by atoms with Crippen LogP contribution < -0.4 is 0 Å². The lowest BCUT2D eigenvalue weighted by Gasteiger charge is -2.04. The normalized spacial score (nSPS) is 10.6. The largest absolute Gasteiger partial charge is 0.468 e. The van der Waals surface area contributed by atoms with Gasteiger partial charge in [0.2, 0.25) is 0 Å². The number of unbranched alkanes of at least 4 members (excludes halogenated alkanes) is 2. The number of aryl methyl sites for hydroxylation is 1. The Labute approximate surface area is 129 Å². The van der Waals surface area contributed by atoms with Gasteiger partial charge in [0.05, 0.1) is 12.3 Å². The Morgan fingerprint density at radius 3 is 2.71 bits per heavy atom. The lowest BCUT2D eigenvalue weighted by Crippen LogP contribution is -1.94. The van der Waals surface area contributed by atoms with Crippen LogP contribution in [-0.4, -0.2) is 22.9 Å². The van der Waals surface area contributed by atoms with Crippen LogP contribution in [0.1, 0.15) is 24.8 Å². The number of hydrogen-bond acceptors (Lipinski definition) is 3. The average Bonchev–Trinajstić information content (AvgIpc) is 2.80. The fourth-order valence-corrected chi connectivity index (χ4v) is 2.53. The maximum Gasteiger partial charge on any atom is 0.293 e. The molecule has 0 saturated carbocycles. The van der Waals surface area contributed by atoms with Crippen LogP contribution in [0.2, 0.25) is 5.15 Å². The Balaban J connectivity index is 2.03. The number of benzene rings is 1. The molecule has 0 spiro atoms. The van der Waals surface area contributed by atoms with Crippen molar-refractivity contribution in [2.24, 2.45) is 7.05 Å². The highest BCUT2D eigenvalue weighted by Crippen LogP contribution is 2.29. The lowest BCUT2D eigenvalue weighted by molar-refractivity contribution is -0.128. The number of carbonyl (C=O) groups excluding carboxylic acids is 1. The third kappa shape index (κ3) is 4.08. The maximum absolute atomic E-state index is 10.1. The minimum absolute atomic E-state index is 0.482. The molecule has 2 rings (SSSR count). The predicted octanol–water partition coefficient (Wildman–Crippen LogP) is 3.63. The first kappa shape index (κ1) is 15.6. The summed E-state index contributed by atoms with van der Waals surface area (Å²) in [6.07, 6.45) is 3.73. The molecule has 0 fully saturated rings. The molecule has 0 saturated heterocycles. The van der Waals surface area contributed by atoms with E-state index in [1.54, 1.807) is 4.68 Å². The highest BCUT2D eigenvalue weighted by Gasteiger charge is 2.15. The minimum Gasteiger partial charge on any atom is -0.468 e. The van der Waals surface area contributed by atoms with E-state index in [9.17, 15) is 4.79 Å². The van der Waals surface area contributed by atoms with E-state index < -0.39 is 0 Å². The highest BCUT2D eigenvalue weighted by molar-refractivity contribution is 6.30. The van der Waals surface area contributed by atoms with Gasteiger partial charge < -0.3 is 4.74 Å². The SMILES string of the molecule is Cn1nc(-c2ccccc2)c(CCCCCOC=O)c1Cl. The molecule has 0 aliphatic heterocycles. The standard InChI is InChI=1S/C16H19ClN2O2/c1-19-16(17)14(10-6-3-7-11-21-12-20)15(18-19)13-8-4-2-5-9-13/h2,4-5,8-9,12H,3,6-7,10-11H2,1H3. The van der Waals surface area contributed by atoms with Crippen molar-refractivity contribution in [1.29, 1.82) is 0 Å². The second kappa shape index (κ2) is 7.84. The number of ether oxygens (including phenoxy) is 1. The molecule has 21 heavy (non-hydrogen) atoms. The maximum atomic E-state index is 10.1. The number of nitrogens with zero attached hydrogens (tertiary/aromatic N) is 2. The summed E-state index contributed by atoms with van der Waals surface area (Å²) in [6, 6.07) is 10.1. The van der Waals surface area contributed by atoms with Crippen LogP contribution in [0.3, 0.4) is 0 Å². The van der Waals surface area contributed by atoms with Crippen molar-refractivity contribution >= 4 is 18.1 Å². The van der Waals surface area contributed by atoms with E-state index in [-0.39, 0.29) is 0 Å². The van der Waals surface area contributed by atoms with Crippen LogP contribution in [-0.2, 0) is 23.0 Å². The third-order valence-electron chi connectivity index (χ3n) is 3.37. The van der Waals surface area contributed by atoms with Crippen molar-refractivity contribution in [2.75, 3.05) is 6.61 Å². The van der Waals surface area contributed by atoms with Crippen LogP contribution in [0.25, 0.3) is 11.3 Å². The number of hydrogen-bond donors (Lipinski definition) is 0. The van der Waals surface area contributed by atoms with E-state index in [4.69, 9.17) is 11.6 Å². The molecule has 1 aromatic heterocycles. The topological polar surface area (TPSA) is 44.1 Å². The Bertz CT molecular complexity index is 581. The van der Waals surface area contributed by atoms with Crippen molar-refractivity contribution in [1.82, 2.24) is 9.78 Å². The lowest BCUT2D eigenvalue weighted by atomic mass is 10.0. The van der Waals surface area contributed by atoms with Gasteiger partial charge in [0, 0.05) is 18.2 Å². The average molecular weight is 307 g/mol. The van der Waals surface area contributed by atoms with Crippen LogP contribution >= 0.6 is 11.6 Å². The summed E-state index contributed by atoms with van der Waals surface area (Å²) in [5.74, 6) is 0. The molecule has 0 aliphatic rings. The number of aromatic nitrogens is 2. The fourth-order valence-electron chi connectivity index (χ4n) is 2.31. The Hall–Kier alpha value is -1.81. The van der Waals surface area contributed by atoms with E-state index >= 15 is 0 Å². The fraction of sp³-hybridized carbons (Fsp3) is 0.375.